The van der Waals surface area contributed by atoms with Crippen molar-refractivity contribution in [2.24, 2.45) is 5.41 Å². The van der Waals surface area contributed by atoms with Gasteiger partial charge in [-0.2, -0.15) is 0 Å². The first-order chi connectivity index (χ1) is 24.9. The summed E-state index contributed by atoms with van der Waals surface area (Å²) in [6.07, 6.45) is 1.74. The van der Waals surface area contributed by atoms with Crippen LogP contribution in [-0.2, 0) is 26.5 Å². The standard InChI is InChI=1S/C23H13N2O2.C17H20N.Ir/c1-13-9-10-16-15-6-4-7-17(22(15)27-23(16)25-13)19-11-18-14-5-2-3-8-20(14)26-21(18)12-24-19;1-13-5-8-15(9-6-13)16-10-7-14(12-18-16)11-17(2,3)4;/h2-6,8-12H,1H3;5-8,10,12H,11H2,1-4H3;/q2*-1;/i1D3;1D3,11D2;. The van der Waals surface area contributed by atoms with Gasteiger partial charge in [0, 0.05) is 59.1 Å². The molecule has 231 valence electrons. The topological polar surface area (TPSA) is 65.0 Å². The molecule has 0 amide bonds. The van der Waals surface area contributed by atoms with Crippen molar-refractivity contribution >= 4 is 44.0 Å². The molecule has 0 aliphatic carbocycles. The van der Waals surface area contributed by atoms with E-state index in [4.69, 9.17) is 19.8 Å². The molecule has 8 aromatic rings. The van der Waals surface area contributed by atoms with Crippen molar-refractivity contribution in [1.29, 1.82) is 0 Å². The van der Waals surface area contributed by atoms with Crippen LogP contribution in [0.2, 0.25) is 0 Å². The van der Waals surface area contributed by atoms with E-state index in [1.165, 1.54) is 18.3 Å². The molecule has 0 saturated heterocycles. The minimum Gasteiger partial charge on any atom is -0.486 e. The molecule has 0 spiro atoms. The minimum absolute atomic E-state index is 0. The third-order valence-electron chi connectivity index (χ3n) is 7.19. The van der Waals surface area contributed by atoms with E-state index in [0.29, 0.717) is 39.2 Å². The molecule has 0 saturated carbocycles. The van der Waals surface area contributed by atoms with Crippen LogP contribution in [0.25, 0.3) is 66.5 Å². The second-order valence-electron chi connectivity index (χ2n) is 11.7. The van der Waals surface area contributed by atoms with Crippen molar-refractivity contribution in [2.45, 2.75) is 40.8 Å². The summed E-state index contributed by atoms with van der Waals surface area (Å²) in [5, 5.41) is 3.56. The van der Waals surface area contributed by atoms with Crippen LogP contribution in [-0.4, -0.2) is 15.0 Å². The van der Waals surface area contributed by atoms with Crippen LogP contribution in [0.5, 0.6) is 0 Å². The largest absolute Gasteiger partial charge is 0.486 e. The van der Waals surface area contributed by atoms with Crippen molar-refractivity contribution in [3.8, 4) is 22.5 Å². The maximum atomic E-state index is 8.25. The molecule has 0 aliphatic heterocycles. The maximum Gasteiger partial charge on any atom is 0.216 e. The Morgan fingerprint density at radius 1 is 0.783 bits per heavy atom. The van der Waals surface area contributed by atoms with E-state index >= 15 is 0 Å². The number of aromatic nitrogens is 3. The molecule has 1 radical (unpaired) electrons. The van der Waals surface area contributed by atoms with E-state index in [9.17, 15) is 0 Å². The average molecular weight is 788 g/mol. The fraction of sp³-hybridized carbons (Fsp3) is 0.175. The summed E-state index contributed by atoms with van der Waals surface area (Å²) in [7, 11) is 0. The fourth-order valence-corrected chi connectivity index (χ4v) is 5.22. The summed E-state index contributed by atoms with van der Waals surface area (Å²) in [5.74, 6) is 0. The van der Waals surface area contributed by atoms with Crippen molar-refractivity contribution in [2.75, 3.05) is 0 Å². The molecule has 46 heavy (non-hydrogen) atoms. The third kappa shape index (κ3) is 6.37. The summed E-state index contributed by atoms with van der Waals surface area (Å²) >= 11 is 0. The van der Waals surface area contributed by atoms with Gasteiger partial charge in [0.1, 0.15) is 5.58 Å². The van der Waals surface area contributed by atoms with E-state index in [0.717, 1.165) is 27.1 Å². The number of para-hydroxylation sites is 1. The van der Waals surface area contributed by atoms with Crippen molar-refractivity contribution in [3.05, 3.63) is 126 Å². The van der Waals surface area contributed by atoms with E-state index in [1.54, 1.807) is 36.5 Å². The molecule has 0 fully saturated rings. The Hall–Kier alpha value is -4.64. The third-order valence-corrected chi connectivity index (χ3v) is 7.19. The zero-order valence-electron chi connectivity index (χ0n) is 33.2. The number of rotatable bonds is 3. The molecule has 0 N–H and O–H groups in total. The van der Waals surface area contributed by atoms with Gasteiger partial charge in [0.15, 0.2) is 5.58 Å². The van der Waals surface area contributed by atoms with Gasteiger partial charge in [-0.1, -0.05) is 75.0 Å². The van der Waals surface area contributed by atoms with Crippen molar-refractivity contribution in [1.82, 2.24) is 15.0 Å². The van der Waals surface area contributed by atoms with Crippen LogP contribution in [0.3, 0.4) is 0 Å². The predicted octanol–water partition coefficient (Wildman–Crippen LogP) is 10.5. The van der Waals surface area contributed by atoms with Gasteiger partial charge in [-0.15, -0.1) is 53.6 Å². The van der Waals surface area contributed by atoms with Gasteiger partial charge in [0.2, 0.25) is 5.71 Å². The smallest absolute Gasteiger partial charge is 0.216 e. The van der Waals surface area contributed by atoms with Gasteiger partial charge in [0.25, 0.3) is 0 Å². The molecule has 5 aromatic heterocycles. The van der Waals surface area contributed by atoms with E-state index in [-0.39, 0.29) is 37.1 Å². The fourth-order valence-electron chi connectivity index (χ4n) is 5.22. The minimum atomic E-state index is -2.29. The van der Waals surface area contributed by atoms with Gasteiger partial charge < -0.3 is 18.8 Å². The first kappa shape index (κ1) is 22.8. The molecule has 0 unspecified atom stereocenters. The van der Waals surface area contributed by atoms with Crippen LogP contribution in [0, 0.1) is 31.3 Å². The molecular formula is C40H33IrN3O2-2. The number of aryl methyl sites for hydroxylation is 2. The Morgan fingerprint density at radius 3 is 2.41 bits per heavy atom. The zero-order chi connectivity index (χ0) is 37.9. The predicted molar refractivity (Wildman–Crippen MR) is 182 cm³/mol. The van der Waals surface area contributed by atoms with Crippen molar-refractivity contribution in [3.63, 3.8) is 0 Å². The van der Waals surface area contributed by atoms with Crippen LogP contribution in [0.1, 0.15) is 48.6 Å². The Bertz CT molecular complexity index is 2610. The molecule has 8 rings (SSSR count). The number of hydrogen-bond donors (Lipinski definition) is 0. The maximum absolute atomic E-state index is 8.25. The Labute approximate surface area is 293 Å². The first-order valence-electron chi connectivity index (χ1n) is 18.4. The molecule has 5 nitrogen and oxygen atoms in total. The Morgan fingerprint density at radius 2 is 1.65 bits per heavy atom. The summed E-state index contributed by atoms with van der Waals surface area (Å²) < 4.78 is 73.2. The molecule has 3 aromatic carbocycles. The Kier molecular flexibility index (Phi) is 6.26. The number of benzene rings is 3. The van der Waals surface area contributed by atoms with E-state index < -0.39 is 25.5 Å². The summed E-state index contributed by atoms with van der Waals surface area (Å²) in [5.41, 5.74) is 5.29. The van der Waals surface area contributed by atoms with Crippen LogP contribution < -0.4 is 0 Å². The second-order valence-corrected chi connectivity index (χ2v) is 11.7. The normalized spacial score (nSPS) is 14.9. The molecule has 0 bridgehead atoms. The van der Waals surface area contributed by atoms with Gasteiger partial charge in [0.05, 0.1) is 11.8 Å². The van der Waals surface area contributed by atoms with E-state index in [1.807, 2.05) is 63.2 Å². The zero-order valence-corrected chi connectivity index (χ0v) is 27.6. The van der Waals surface area contributed by atoms with Gasteiger partial charge in [-0.3, -0.25) is 0 Å². The van der Waals surface area contributed by atoms with Crippen molar-refractivity contribution < 1.29 is 39.9 Å². The number of hydrogen-bond acceptors (Lipinski definition) is 5. The number of furan rings is 2. The van der Waals surface area contributed by atoms with Gasteiger partial charge in [-0.25, -0.2) is 4.98 Å². The van der Waals surface area contributed by atoms with Crippen LogP contribution in [0.4, 0.5) is 0 Å². The molecule has 5 heterocycles. The summed E-state index contributed by atoms with van der Waals surface area (Å²) in [4.78, 5) is 13.1. The van der Waals surface area contributed by atoms with Gasteiger partial charge in [-0.05, 0) is 53.8 Å². The SMILES string of the molecule is [2H]C([2H])([2H])c1c[c-]c(-c2ccc(C([2H])([2H])C(C)(C)C)cn2)cc1.[2H]C([2H])([2H])c1ccc2c(n1)oc1c(-c3cc4c(cn3)oc3ccccc34)[c-]ccc12.[Ir]. The average Bonchev–Trinajstić information content (AvgIpc) is 3.68. The van der Waals surface area contributed by atoms with Gasteiger partial charge >= 0.3 is 0 Å². The number of nitrogens with zero attached hydrogens (tertiary/aromatic N) is 3. The molecule has 0 atom stereocenters. The number of fused-ring (bicyclic) bond motifs is 6. The summed E-state index contributed by atoms with van der Waals surface area (Å²) in [6.45, 7) is 1.11. The molecule has 0 aliphatic rings. The summed E-state index contributed by atoms with van der Waals surface area (Å²) in [6, 6.07) is 31.0. The molecule has 6 heteroatoms. The first-order valence-corrected chi connectivity index (χ1v) is 14.4. The second kappa shape index (κ2) is 12.6. The van der Waals surface area contributed by atoms with Crippen LogP contribution >= 0.6 is 0 Å². The van der Waals surface area contributed by atoms with Crippen LogP contribution in [0.15, 0.2) is 106 Å². The quantitative estimate of drug-likeness (QED) is 0.167. The molecular weight excluding hydrogens is 747 g/mol. The number of pyridine rings is 3. The Balaban J connectivity index is 0.000000188. The monoisotopic (exact) mass is 788 g/mol. The van der Waals surface area contributed by atoms with E-state index in [2.05, 4.69) is 27.1 Å².